The summed E-state index contributed by atoms with van der Waals surface area (Å²) in [4.78, 5) is 11.7. The van der Waals surface area contributed by atoms with E-state index in [1.54, 1.807) is 30.3 Å². The predicted molar refractivity (Wildman–Crippen MR) is 82.3 cm³/mol. The Hall–Kier alpha value is -1.91. The van der Waals surface area contributed by atoms with E-state index in [0.29, 0.717) is 21.2 Å². The maximum atomic E-state index is 12.7. The van der Waals surface area contributed by atoms with Gasteiger partial charge in [0, 0.05) is 5.56 Å². The molecule has 0 unspecified atom stereocenters. The zero-order valence-corrected chi connectivity index (χ0v) is 12.3. The maximum absolute atomic E-state index is 12.7. The van der Waals surface area contributed by atoms with E-state index in [0.717, 1.165) is 0 Å². The fourth-order valence-electron chi connectivity index (χ4n) is 1.63. The third-order valence-corrected chi connectivity index (χ3v) is 3.32. The van der Waals surface area contributed by atoms with Crippen molar-refractivity contribution >= 4 is 35.3 Å². The largest absolute Gasteiger partial charge is 0.273 e. The first-order valence-electron chi connectivity index (χ1n) is 6.06. The minimum absolute atomic E-state index is 0.105. The van der Waals surface area contributed by atoms with Gasteiger partial charge >= 0.3 is 0 Å². The highest BCUT2D eigenvalue weighted by molar-refractivity contribution is 6.38. The van der Waals surface area contributed by atoms with Gasteiger partial charge in [0.2, 0.25) is 5.91 Å². The Morgan fingerprint density at radius 2 is 1.76 bits per heavy atom. The molecule has 0 bridgehead atoms. The maximum Gasteiger partial charge on any atom is 0.244 e. The molecule has 2 rings (SSSR count). The van der Waals surface area contributed by atoms with Crippen LogP contribution in [0.25, 0.3) is 0 Å². The van der Waals surface area contributed by atoms with Gasteiger partial charge in [-0.1, -0.05) is 41.4 Å². The van der Waals surface area contributed by atoms with E-state index in [2.05, 4.69) is 10.5 Å². The molecule has 3 nitrogen and oxygen atoms in total. The molecule has 0 saturated carbocycles. The average Bonchev–Trinajstić information content (AvgIpc) is 2.45. The highest BCUT2D eigenvalue weighted by atomic mass is 35.5. The van der Waals surface area contributed by atoms with Gasteiger partial charge in [-0.2, -0.15) is 5.10 Å². The lowest BCUT2D eigenvalue weighted by Gasteiger charge is -2.02. The summed E-state index contributed by atoms with van der Waals surface area (Å²) in [5, 5.41) is 4.70. The first-order valence-corrected chi connectivity index (χ1v) is 6.82. The van der Waals surface area contributed by atoms with Gasteiger partial charge in [0.1, 0.15) is 5.82 Å². The molecule has 6 heteroatoms. The normalized spacial score (nSPS) is 10.8. The Balaban J connectivity index is 1.95. The van der Waals surface area contributed by atoms with Crippen molar-refractivity contribution in [2.45, 2.75) is 6.42 Å². The van der Waals surface area contributed by atoms with Crippen molar-refractivity contribution < 1.29 is 9.18 Å². The van der Waals surface area contributed by atoms with Crippen LogP contribution in [-0.4, -0.2) is 12.1 Å². The Labute approximate surface area is 131 Å². The number of carbonyl (C=O) groups is 1. The molecule has 0 radical (unpaired) electrons. The molecule has 21 heavy (non-hydrogen) atoms. The molecular formula is C15H11Cl2FN2O. The van der Waals surface area contributed by atoms with Gasteiger partial charge in [0.15, 0.2) is 0 Å². The van der Waals surface area contributed by atoms with Crippen molar-refractivity contribution in [3.63, 3.8) is 0 Å². The first-order chi connectivity index (χ1) is 10.1. The highest BCUT2D eigenvalue weighted by Gasteiger charge is 2.04. The molecule has 2 aromatic carbocycles. The fourth-order valence-corrected chi connectivity index (χ4v) is 2.13. The van der Waals surface area contributed by atoms with Gasteiger partial charge in [-0.05, 0) is 29.8 Å². The molecule has 108 valence electrons. The second-order valence-corrected chi connectivity index (χ2v) is 5.05. The van der Waals surface area contributed by atoms with E-state index in [-0.39, 0.29) is 18.1 Å². The van der Waals surface area contributed by atoms with Crippen LogP contribution in [0.15, 0.2) is 47.6 Å². The number of benzene rings is 2. The Morgan fingerprint density at radius 1 is 1.14 bits per heavy atom. The van der Waals surface area contributed by atoms with Crippen molar-refractivity contribution in [2.75, 3.05) is 0 Å². The predicted octanol–water partition coefficient (Wildman–Crippen LogP) is 3.83. The molecule has 0 heterocycles. The van der Waals surface area contributed by atoms with E-state index in [9.17, 15) is 9.18 Å². The summed E-state index contributed by atoms with van der Waals surface area (Å²) < 4.78 is 12.7. The number of rotatable bonds is 4. The van der Waals surface area contributed by atoms with E-state index in [1.807, 2.05) is 0 Å². The lowest BCUT2D eigenvalue weighted by Crippen LogP contribution is -2.19. The minimum Gasteiger partial charge on any atom is -0.273 e. The quantitative estimate of drug-likeness (QED) is 0.674. The third kappa shape index (κ3) is 4.55. The molecule has 2 aromatic rings. The molecule has 0 aliphatic heterocycles. The van der Waals surface area contributed by atoms with Crippen LogP contribution in [0.4, 0.5) is 4.39 Å². The number of amides is 1. The summed E-state index contributed by atoms with van der Waals surface area (Å²) >= 11 is 11.9. The summed E-state index contributed by atoms with van der Waals surface area (Å²) in [5.74, 6) is -0.661. The number of nitrogens with zero attached hydrogens (tertiary/aromatic N) is 1. The monoisotopic (exact) mass is 324 g/mol. The number of hydrogen-bond donors (Lipinski definition) is 1. The smallest absolute Gasteiger partial charge is 0.244 e. The van der Waals surface area contributed by atoms with Gasteiger partial charge in [-0.25, -0.2) is 9.82 Å². The first kappa shape index (κ1) is 15.5. The fraction of sp³-hybridized carbons (Fsp3) is 0.0667. The standard InChI is InChI=1S/C15H11Cl2FN2O/c16-13-2-1-3-14(17)12(13)9-19-20-15(21)8-10-4-6-11(18)7-5-10/h1-7,9H,8H2,(H,20,21)/b19-9+. The Morgan fingerprint density at radius 3 is 2.38 bits per heavy atom. The SMILES string of the molecule is O=C(Cc1ccc(F)cc1)N/N=C/c1c(Cl)cccc1Cl. The minimum atomic E-state index is -0.342. The number of halogens is 3. The van der Waals surface area contributed by atoms with Crippen molar-refractivity contribution in [2.24, 2.45) is 5.10 Å². The topological polar surface area (TPSA) is 41.5 Å². The molecule has 0 saturated heterocycles. The third-order valence-electron chi connectivity index (χ3n) is 2.66. The molecule has 0 aliphatic rings. The van der Waals surface area contributed by atoms with Crippen LogP contribution < -0.4 is 5.43 Å². The van der Waals surface area contributed by atoms with Crippen molar-refractivity contribution in [1.29, 1.82) is 0 Å². The van der Waals surface area contributed by atoms with E-state index in [4.69, 9.17) is 23.2 Å². The molecule has 0 fully saturated rings. The van der Waals surface area contributed by atoms with Crippen LogP contribution in [-0.2, 0) is 11.2 Å². The van der Waals surface area contributed by atoms with Crippen LogP contribution in [0, 0.1) is 5.82 Å². The van der Waals surface area contributed by atoms with Gasteiger partial charge in [-0.15, -0.1) is 0 Å². The van der Waals surface area contributed by atoms with Gasteiger partial charge in [-0.3, -0.25) is 4.79 Å². The molecule has 1 amide bonds. The van der Waals surface area contributed by atoms with Crippen LogP contribution in [0.3, 0.4) is 0 Å². The molecule has 0 atom stereocenters. The highest BCUT2D eigenvalue weighted by Crippen LogP contribution is 2.21. The van der Waals surface area contributed by atoms with Gasteiger partial charge in [0.25, 0.3) is 0 Å². The van der Waals surface area contributed by atoms with Crippen LogP contribution in [0.5, 0.6) is 0 Å². The number of nitrogens with one attached hydrogen (secondary N) is 1. The van der Waals surface area contributed by atoms with E-state index in [1.165, 1.54) is 18.3 Å². The van der Waals surface area contributed by atoms with Crippen molar-refractivity contribution in [3.8, 4) is 0 Å². The summed E-state index contributed by atoms with van der Waals surface area (Å²) in [5.41, 5.74) is 3.59. The zero-order chi connectivity index (χ0) is 15.2. The number of hydrogen-bond acceptors (Lipinski definition) is 2. The van der Waals surface area contributed by atoms with Crippen LogP contribution in [0.1, 0.15) is 11.1 Å². The number of carbonyl (C=O) groups excluding carboxylic acids is 1. The van der Waals surface area contributed by atoms with Gasteiger partial charge < -0.3 is 0 Å². The number of hydrazone groups is 1. The Kier molecular flexibility index (Phi) is 5.31. The summed E-state index contributed by atoms with van der Waals surface area (Å²) in [6.45, 7) is 0. The zero-order valence-electron chi connectivity index (χ0n) is 10.8. The molecule has 0 spiro atoms. The second-order valence-electron chi connectivity index (χ2n) is 4.23. The van der Waals surface area contributed by atoms with Gasteiger partial charge in [0.05, 0.1) is 22.7 Å². The van der Waals surface area contributed by atoms with Crippen LogP contribution >= 0.6 is 23.2 Å². The summed E-state index contributed by atoms with van der Waals surface area (Å²) in [7, 11) is 0. The van der Waals surface area contributed by atoms with E-state index < -0.39 is 0 Å². The van der Waals surface area contributed by atoms with Crippen molar-refractivity contribution in [3.05, 3.63) is 69.5 Å². The van der Waals surface area contributed by atoms with Crippen molar-refractivity contribution in [1.82, 2.24) is 5.43 Å². The van der Waals surface area contributed by atoms with Crippen LogP contribution in [0.2, 0.25) is 10.0 Å². The lowest BCUT2D eigenvalue weighted by atomic mass is 10.1. The molecule has 0 aliphatic carbocycles. The molecule has 0 aromatic heterocycles. The van der Waals surface area contributed by atoms with E-state index >= 15 is 0 Å². The average molecular weight is 325 g/mol. The molecule has 1 N–H and O–H groups in total. The lowest BCUT2D eigenvalue weighted by molar-refractivity contribution is -0.120. The molecular weight excluding hydrogens is 314 g/mol. The summed E-state index contributed by atoms with van der Waals surface area (Å²) in [6, 6.07) is 10.8. The summed E-state index contributed by atoms with van der Waals surface area (Å²) in [6.07, 6.45) is 1.49. The Bertz CT molecular complexity index is 652. The second kappa shape index (κ2) is 7.20.